The molecule has 4 nitrogen and oxygen atoms in total. The van der Waals surface area contributed by atoms with Crippen LogP contribution in [-0.4, -0.2) is 17.0 Å². The molecule has 10 heavy (non-hydrogen) atoms. The van der Waals surface area contributed by atoms with Gasteiger partial charge in [0.2, 0.25) is 0 Å². The molecule has 1 aliphatic rings. The van der Waals surface area contributed by atoms with Gasteiger partial charge in [0, 0.05) is 11.8 Å². The van der Waals surface area contributed by atoms with Crippen LogP contribution in [-0.2, 0) is 0 Å². The lowest BCUT2D eigenvalue weighted by Crippen LogP contribution is -2.34. The molecule has 0 spiro atoms. The second-order valence-corrected chi connectivity index (χ2v) is 2.22. The number of hydrogen-bond donors (Lipinski definition) is 1. The zero-order valence-electron chi connectivity index (χ0n) is 5.61. The summed E-state index contributed by atoms with van der Waals surface area (Å²) in [5.74, 6) is -0.399. The number of nitrogens with zero attached hydrogens (tertiary/aromatic N) is 3. The highest BCUT2D eigenvalue weighted by Crippen LogP contribution is 2.12. The summed E-state index contributed by atoms with van der Waals surface area (Å²) in [4.78, 5) is 3.96. The highest BCUT2D eigenvalue weighted by atomic mass is 32.1. The van der Waals surface area contributed by atoms with Gasteiger partial charge in [-0.2, -0.15) is 0 Å². The van der Waals surface area contributed by atoms with Crippen molar-refractivity contribution in [3.05, 3.63) is 0 Å². The van der Waals surface area contributed by atoms with Crippen LogP contribution in [0.4, 0.5) is 0 Å². The Morgan fingerprint density at radius 1 is 1.80 bits per heavy atom. The number of thiocarbonyl (C=S) groups is 1. The number of rotatable bonds is 2. The van der Waals surface area contributed by atoms with Crippen LogP contribution < -0.4 is 5.73 Å². The van der Waals surface area contributed by atoms with Crippen molar-refractivity contribution in [1.29, 1.82) is 0 Å². The summed E-state index contributed by atoms with van der Waals surface area (Å²) in [6.45, 7) is 1.94. The van der Waals surface area contributed by atoms with E-state index >= 15 is 0 Å². The Hall–Kier alpha value is -0.680. The van der Waals surface area contributed by atoms with E-state index < -0.39 is 5.79 Å². The third-order valence-electron chi connectivity index (χ3n) is 1.12. The third kappa shape index (κ3) is 1.25. The summed E-state index contributed by atoms with van der Waals surface area (Å²) >= 11 is 4.62. The number of aliphatic imine (C=N–C) groups is 1. The quantitative estimate of drug-likeness (QED) is 0.603. The first-order chi connectivity index (χ1) is 4.70. The highest BCUT2D eigenvalue weighted by Gasteiger charge is 2.24. The lowest BCUT2D eigenvalue weighted by atomic mass is 10.4. The fraction of sp³-hybridized carbons (Fsp3) is 0.600. The van der Waals surface area contributed by atoms with E-state index in [0.717, 1.165) is 6.42 Å². The lowest BCUT2D eigenvalue weighted by Gasteiger charge is -2.05. The van der Waals surface area contributed by atoms with Crippen LogP contribution in [0.1, 0.15) is 13.3 Å². The van der Waals surface area contributed by atoms with Crippen molar-refractivity contribution >= 4 is 23.4 Å². The maximum absolute atomic E-state index is 5.52. The molecule has 1 rings (SSSR count). The molecule has 5 heteroatoms. The van der Waals surface area contributed by atoms with Crippen molar-refractivity contribution in [1.82, 2.24) is 0 Å². The molecule has 0 amide bonds. The zero-order chi connectivity index (χ0) is 7.61. The second kappa shape index (κ2) is 2.51. The van der Waals surface area contributed by atoms with E-state index in [-0.39, 0.29) is 0 Å². The maximum Gasteiger partial charge on any atom is 0.253 e. The summed E-state index contributed by atoms with van der Waals surface area (Å²) < 4.78 is 0. The fourth-order valence-corrected chi connectivity index (χ4v) is 0.689. The number of azo groups is 1. The van der Waals surface area contributed by atoms with Gasteiger partial charge in [0.15, 0.2) is 0 Å². The number of amidine groups is 1. The molecule has 0 bridgehead atoms. The van der Waals surface area contributed by atoms with E-state index in [2.05, 4.69) is 27.4 Å². The summed E-state index contributed by atoms with van der Waals surface area (Å²) in [7, 11) is 0. The average molecular weight is 156 g/mol. The van der Waals surface area contributed by atoms with Crippen LogP contribution in [0.15, 0.2) is 15.2 Å². The van der Waals surface area contributed by atoms with Crippen molar-refractivity contribution < 1.29 is 0 Å². The van der Waals surface area contributed by atoms with E-state index in [4.69, 9.17) is 5.73 Å². The van der Waals surface area contributed by atoms with Gasteiger partial charge in [-0.25, -0.2) is 4.99 Å². The molecule has 1 aliphatic heterocycles. The van der Waals surface area contributed by atoms with Crippen LogP contribution in [0.2, 0.25) is 0 Å². The van der Waals surface area contributed by atoms with Crippen molar-refractivity contribution in [2.45, 2.75) is 19.1 Å². The molecular weight excluding hydrogens is 148 g/mol. The van der Waals surface area contributed by atoms with Gasteiger partial charge in [-0.3, -0.25) is 5.73 Å². The largest absolute Gasteiger partial charge is 0.283 e. The van der Waals surface area contributed by atoms with Gasteiger partial charge >= 0.3 is 0 Å². The van der Waals surface area contributed by atoms with Gasteiger partial charge < -0.3 is 0 Å². The first kappa shape index (κ1) is 7.43. The van der Waals surface area contributed by atoms with E-state index in [0.29, 0.717) is 5.84 Å². The Labute approximate surface area is 64.2 Å². The number of nitrogens with two attached hydrogens (primary N) is 1. The van der Waals surface area contributed by atoms with Gasteiger partial charge in [0.25, 0.3) is 5.79 Å². The molecule has 0 aromatic carbocycles. The fourth-order valence-electron chi connectivity index (χ4n) is 0.589. The molecule has 1 atom stereocenters. The van der Waals surface area contributed by atoms with Crippen LogP contribution in [0.3, 0.4) is 0 Å². The Balaban J connectivity index is 2.82. The van der Waals surface area contributed by atoms with Crippen LogP contribution in [0.5, 0.6) is 0 Å². The predicted octanol–water partition coefficient (Wildman–Crippen LogP) is 0.873. The molecular formula is C5H8N4S. The molecule has 54 valence electrons. The van der Waals surface area contributed by atoms with Crippen LogP contribution in [0.25, 0.3) is 0 Å². The highest BCUT2D eigenvalue weighted by molar-refractivity contribution is 7.79. The van der Waals surface area contributed by atoms with Crippen LogP contribution in [0, 0.1) is 0 Å². The Morgan fingerprint density at radius 3 is 2.80 bits per heavy atom. The summed E-state index contributed by atoms with van der Waals surface area (Å²) in [5, 5.41) is 8.71. The van der Waals surface area contributed by atoms with Crippen LogP contribution >= 0.6 is 12.2 Å². The monoisotopic (exact) mass is 156 g/mol. The SMILES string of the molecule is CCC1=NC(N)(C=S)N=N1. The van der Waals surface area contributed by atoms with Gasteiger partial charge in [-0.05, 0) is 0 Å². The molecule has 1 unspecified atom stereocenters. The van der Waals surface area contributed by atoms with Gasteiger partial charge in [-0.1, -0.05) is 19.1 Å². The first-order valence-electron chi connectivity index (χ1n) is 2.97. The molecule has 0 aliphatic carbocycles. The minimum absolute atomic E-state index is 0.656. The van der Waals surface area contributed by atoms with E-state index in [1.54, 1.807) is 0 Å². The van der Waals surface area contributed by atoms with Crippen molar-refractivity contribution in [2.75, 3.05) is 0 Å². The summed E-state index contributed by atoms with van der Waals surface area (Å²) in [6, 6.07) is 0. The molecule has 0 aromatic rings. The minimum Gasteiger partial charge on any atom is -0.283 e. The summed E-state index contributed by atoms with van der Waals surface area (Å²) in [5.41, 5.74) is 5.52. The molecule has 0 radical (unpaired) electrons. The second-order valence-electron chi connectivity index (χ2n) is 1.98. The van der Waals surface area contributed by atoms with E-state index in [9.17, 15) is 0 Å². The first-order valence-corrected chi connectivity index (χ1v) is 3.44. The van der Waals surface area contributed by atoms with E-state index in [1.807, 2.05) is 6.92 Å². The Bertz CT molecular complexity index is 210. The number of hydrogen-bond acceptors (Lipinski definition) is 5. The van der Waals surface area contributed by atoms with Crippen molar-refractivity contribution in [3.63, 3.8) is 0 Å². The molecule has 0 fully saturated rings. The maximum atomic E-state index is 5.52. The molecule has 2 N–H and O–H groups in total. The minimum atomic E-state index is -1.05. The molecule has 1 heterocycles. The van der Waals surface area contributed by atoms with Crippen molar-refractivity contribution in [3.8, 4) is 0 Å². The van der Waals surface area contributed by atoms with Gasteiger partial charge in [0.1, 0.15) is 5.84 Å². The lowest BCUT2D eigenvalue weighted by molar-refractivity contribution is 0.647. The Morgan fingerprint density at radius 2 is 2.50 bits per heavy atom. The van der Waals surface area contributed by atoms with E-state index in [1.165, 1.54) is 5.37 Å². The molecule has 0 saturated carbocycles. The Kier molecular flexibility index (Phi) is 1.87. The normalized spacial score (nSPS) is 30.4. The molecule has 0 aromatic heterocycles. The van der Waals surface area contributed by atoms with Gasteiger partial charge in [0.05, 0.1) is 0 Å². The zero-order valence-corrected chi connectivity index (χ0v) is 6.43. The standard InChI is InChI=1S/C5H8N4S/c1-2-4-7-5(6,3-10)9-8-4/h3H,2,6H2,1H3. The third-order valence-corrected chi connectivity index (χ3v) is 1.47. The molecule has 0 saturated heterocycles. The smallest absolute Gasteiger partial charge is 0.253 e. The average Bonchev–Trinajstić information content (AvgIpc) is 2.33. The summed E-state index contributed by atoms with van der Waals surface area (Å²) in [6.07, 6.45) is 0.742. The van der Waals surface area contributed by atoms with Crippen molar-refractivity contribution in [2.24, 2.45) is 21.0 Å². The topological polar surface area (TPSA) is 63.1 Å². The predicted molar refractivity (Wildman–Crippen MR) is 43.2 cm³/mol. The van der Waals surface area contributed by atoms with Gasteiger partial charge in [-0.15, -0.1) is 10.2 Å².